The predicted molar refractivity (Wildman–Crippen MR) is 110 cm³/mol. The van der Waals surface area contributed by atoms with Crippen LogP contribution in [-0.2, 0) is 16.6 Å². The van der Waals surface area contributed by atoms with Crippen molar-refractivity contribution in [3.8, 4) is 11.5 Å². The fourth-order valence-corrected chi connectivity index (χ4v) is 7.25. The van der Waals surface area contributed by atoms with E-state index in [1.165, 1.54) is 36.9 Å². The van der Waals surface area contributed by atoms with Crippen molar-refractivity contribution in [1.29, 1.82) is 0 Å². The Balaban J connectivity index is 0.00000171. The number of ketones is 1. The Labute approximate surface area is 173 Å². The van der Waals surface area contributed by atoms with Gasteiger partial charge in [-0.3, -0.25) is 9.69 Å². The number of hydrogen-bond donors (Lipinski definition) is 0. The van der Waals surface area contributed by atoms with Crippen molar-refractivity contribution in [2.24, 2.45) is 17.8 Å². The third-order valence-corrected chi connectivity index (χ3v) is 8.46. The van der Waals surface area contributed by atoms with Gasteiger partial charge in [0.1, 0.15) is 0 Å². The molecule has 5 heteroatoms. The molecular formula is C23H30ClNO3. The minimum atomic E-state index is -0.294. The Bertz CT molecular complexity index is 822. The van der Waals surface area contributed by atoms with Gasteiger partial charge in [0.25, 0.3) is 0 Å². The number of carbonyl (C=O) groups excluding carboxylic acids is 1. The Morgan fingerprint density at radius 3 is 2.82 bits per heavy atom. The van der Waals surface area contributed by atoms with E-state index in [2.05, 4.69) is 17.9 Å². The monoisotopic (exact) mass is 403 g/mol. The van der Waals surface area contributed by atoms with Crippen LogP contribution in [0.1, 0.15) is 50.2 Å². The van der Waals surface area contributed by atoms with Gasteiger partial charge >= 0.3 is 0 Å². The molecule has 5 atom stereocenters. The van der Waals surface area contributed by atoms with Crippen molar-refractivity contribution in [2.45, 2.75) is 63.0 Å². The van der Waals surface area contributed by atoms with Gasteiger partial charge in [0.05, 0.1) is 7.11 Å². The highest BCUT2D eigenvalue weighted by atomic mass is 35.5. The second-order valence-electron chi connectivity index (χ2n) is 9.66. The predicted octanol–water partition coefficient (Wildman–Crippen LogP) is 3.77. The molecule has 0 radical (unpaired) electrons. The summed E-state index contributed by atoms with van der Waals surface area (Å²) in [5.41, 5.74) is 2.61. The number of likely N-dealkylation sites (tertiary alicyclic amines) is 1. The van der Waals surface area contributed by atoms with Crippen molar-refractivity contribution < 1.29 is 14.3 Å². The van der Waals surface area contributed by atoms with Gasteiger partial charge in [0, 0.05) is 30.0 Å². The molecule has 152 valence electrons. The molecule has 3 aliphatic carbocycles. The molecule has 28 heavy (non-hydrogen) atoms. The molecule has 0 N–H and O–H groups in total. The van der Waals surface area contributed by atoms with Crippen LogP contribution in [-0.4, -0.2) is 43.0 Å². The van der Waals surface area contributed by atoms with Gasteiger partial charge in [-0.25, -0.2) is 0 Å². The lowest BCUT2D eigenvalue weighted by Crippen LogP contribution is -2.68. The number of halogens is 1. The van der Waals surface area contributed by atoms with Gasteiger partial charge in [-0.05, 0) is 61.6 Å². The number of rotatable bonds is 3. The number of benzene rings is 1. The Hall–Kier alpha value is -1.26. The van der Waals surface area contributed by atoms with Crippen molar-refractivity contribution >= 4 is 18.2 Å². The fraction of sp³-hybridized carbons (Fsp3) is 0.696. The van der Waals surface area contributed by atoms with E-state index in [1.807, 2.05) is 6.07 Å². The minimum absolute atomic E-state index is 0. The average Bonchev–Trinajstić information content (AvgIpc) is 2.96. The summed E-state index contributed by atoms with van der Waals surface area (Å²) in [5.74, 6) is 3.82. The van der Waals surface area contributed by atoms with Gasteiger partial charge < -0.3 is 9.47 Å². The van der Waals surface area contributed by atoms with Crippen LogP contribution >= 0.6 is 12.4 Å². The lowest BCUT2D eigenvalue weighted by Gasteiger charge is -2.60. The van der Waals surface area contributed by atoms with Gasteiger partial charge in [-0.15, -0.1) is 12.4 Å². The number of ether oxygens (including phenoxy) is 2. The van der Waals surface area contributed by atoms with E-state index < -0.39 is 0 Å². The first kappa shape index (κ1) is 18.7. The van der Waals surface area contributed by atoms with E-state index in [-0.39, 0.29) is 23.9 Å². The first-order valence-electron chi connectivity index (χ1n) is 10.8. The maximum Gasteiger partial charge on any atom is 0.174 e. The Kier molecular flexibility index (Phi) is 4.26. The Morgan fingerprint density at radius 2 is 2.11 bits per heavy atom. The SMILES string of the molecule is COc1ccc2c3c1OC1C(=O)CC(C)[C@H]4[C@@H](C2)N(CC2CCC2)CC[C@]314.Cl. The molecule has 1 spiro atoms. The third kappa shape index (κ3) is 2.19. The summed E-state index contributed by atoms with van der Waals surface area (Å²) in [4.78, 5) is 15.9. The molecule has 1 aromatic rings. The minimum Gasteiger partial charge on any atom is -0.493 e. The average molecular weight is 404 g/mol. The van der Waals surface area contributed by atoms with Crippen molar-refractivity contribution in [3.63, 3.8) is 0 Å². The normalized spacial score (nSPS) is 38.1. The van der Waals surface area contributed by atoms with Gasteiger partial charge in [0.2, 0.25) is 0 Å². The molecule has 1 aromatic carbocycles. The number of carbonyl (C=O) groups is 1. The summed E-state index contributed by atoms with van der Waals surface area (Å²) >= 11 is 0. The van der Waals surface area contributed by atoms with Crippen LogP contribution in [0.4, 0.5) is 0 Å². The largest absolute Gasteiger partial charge is 0.493 e. The summed E-state index contributed by atoms with van der Waals surface area (Å²) in [5, 5.41) is 0. The van der Waals surface area contributed by atoms with E-state index in [0.29, 0.717) is 30.1 Å². The Morgan fingerprint density at radius 1 is 1.29 bits per heavy atom. The molecule has 2 aliphatic heterocycles. The first-order valence-corrected chi connectivity index (χ1v) is 10.8. The topological polar surface area (TPSA) is 38.8 Å². The second-order valence-corrected chi connectivity index (χ2v) is 9.66. The van der Waals surface area contributed by atoms with E-state index in [9.17, 15) is 4.79 Å². The zero-order chi connectivity index (χ0) is 18.3. The lowest BCUT2D eigenvalue weighted by molar-refractivity contribution is -0.144. The van der Waals surface area contributed by atoms with E-state index >= 15 is 0 Å². The molecule has 5 aliphatic rings. The highest BCUT2D eigenvalue weighted by molar-refractivity contribution is 5.89. The highest BCUT2D eigenvalue weighted by Crippen LogP contribution is 2.64. The zero-order valence-electron chi connectivity index (χ0n) is 16.8. The number of piperidine rings is 1. The van der Waals surface area contributed by atoms with Crippen LogP contribution in [0.25, 0.3) is 0 Å². The van der Waals surface area contributed by atoms with Crippen LogP contribution < -0.4 is 9.47 Å². The maximum atomic E-state index is 13.1. The molecular weight excluding hydrogens is 374 g/mol. The summed E-state index contributed by atoms with van der Waals surface area (Å²) in [6, 6.07) is 4.84. The maximum absolute atomic E-state index is 13.1. The van der Waals surface area contributed by atoms with Crippen LogP contribution in [0.3, 0.4) is 0 Å². The molecule has 1 saturated heterocycles. The van der Waals surface area contributed by atoms with Crippen LogP contribution in [0.2, 0.25) is 0 Å². The third-order valence-electron chi connectivity index (χ3n) is 8.46. The lowest BCUT2D eigenvalue weighted by atomic mass is 9.49. The molecule has 3 fully saturated rings. The molecule has 2 unspecified atom stereocenters. The number of methoxy groups -OCH3 is 1. The summed E-state index contributed by atoms with van der Waals surface area (Å²) in [7, 11) is 1.70. The van der Waals surface area contributed by atoms with Crippen molar-refractivity contribution in [1.82, 2.24) is 4.90 Å². The molecule has 2 heterocycles. The smallest absolute Gasteiger partial charge is 0.174 e. The van der Waals surface area contributed by atoms with E-state index in [0.717, 1.165) is 36.8 Å². The van der Waals surface area contributed by atoms with Gasteiger partial charge in [-0.2, -0.15) is 0 Å². The zero-order valence-corrected chi connectivity index (χ0v) is 17.6. The first-order chi connectivity index (χ1) is 13.1. The van der Waals surface area contributed by atoms with E-state index in [4.69, 9.17) is 9.47 Å². The molecule has 2 saturated carbocycles. The van der Waals surface area contributed by atoms with Crippen LogP contribution in [0.15, 0.2) is 12.1 Å². The van der Waals surface area contributed by atoms with Crippen LogP contribution in [0, 0.1) is 17.8 Å². The van der Waals surface area contributed by atoms with Gasteiger partial charge in [0.15, 0.2) is 23.4 Å². The summed E-state index contributed by atoms with van der Waals surface area (Å²) in [6.45, 7) is 4.67. The van der Waals surface area contributed by atoms with Crippen molar-refractivity contribution in [2.75, 3.05) is 20.2 Å². The number of nitrogens with zero attached hydrogens (tertiary/aromatic N) is 1. The molecule has 2 bridgehead atoms. The quantitative estimate of drug-likeness (QED) is 0.770. The van der Waals surface area contributed by atoms with Crippen LogP contribution in [0.5, 0.6) is 11.5 Å². The van der Waals surface area contributed by atoms with Gasteiger partial charge in [-0.1, -0.05) is 19.4 Å². The summed E-state index contributed by atoms with van der Waals surface area (Å²) in [6.07, 6.45) is 6.72. The molecule has 0 aromatic heterocycles. The number of Topliss-reactive ketones (excluding diaryl/α,β-unsaturated/α-hetero) is 1. The highest BCUT2D eigenvalue weighted by Gasteiger charge is 2.67. The number of hydrogen-bond acceptors (Lipinski definition) is 4. The fourth-order valence-electron chi connectivity index (χ4n) is 7.25. The second kappa shape index (κ2) is 6.37. The summed E-state index contributed by atoms with van der Waals surface area (Å²) < 4.78 is 12.0. The molecule has 0 amide bonds. The molecule has 6 rings (SSSR count). The molecule has 4 nitrogen and oxygen atoms in total. The standard InChI is InChI=1S/C23H29NO3.ClH/c1-13-10-17(25)22-23-8-9-24(12-14-4-3-5-14)16(19(13)23)11-15-6-7-18(26-2)21(27-22)20(15)23;/h6-7,13-14,16,19,22H,3-5,8-12H2,1-2H3;1H/t13?,16-,19+,22?,23+;/m1./s1. The van der Waals surface area contributed by atoms with Crippen molar-refractivity contribution in [3.05, 3.63) is 23.3 Å². The van der Waals surface area contributed by atoms with E-state index in [1.54, 1.807) is 7.11 Å².